The molecule has 154 valence electrons. The molecule has 5 rings (SSSR count). The van der Waals surface area contributed by atoms with Crippen LogP contribution in [0.25, 0.3) is 6.08 Å². The zero-order valence-electron chi connectivity index (χ0n) is 16.8. The van der Waals surface area contributed by atoms with Crippen molar-refractivity contribution in [2.75, 3.05) is 16.8 Å². The molecule has 5 nitrogen and oxygen atoms in total. The van der Waals surface area contributed by atoms with E-state index in [9.17, 15) is 9.59 Å². The van der Waals surface area contributed by atoms with E-state index in [0.717, 1.165) is 26.1 Å². The highest BCUT2D eigenvalue weighted by Crippen LogP contribution is 2.55. The highest BCUT2D eigenvalue weighted by atomic mass is 127. The predicted octanol–water partition coefficient (Wildman–Crippen LogP) is 5.08. The largest absolute Gasteiger partial charge is 0.462 e. The molecule has 3 aliphatic heterocycles. The highest BCUT2D eigenvalue weighted by molar-refractivity contribution is 14.1. The molecular weight excluding hydrogens is 606 g/mol. The molecule has 1 saturated heterocycles. The summed E-state index contributed by atoms with van der Waals surface area (Å²) in [5, 5.41) is 0. The van der Waals surface area contributed by atoms with Crippen LogP contribution < -0.4 is 14.5 Å². The van der Waals surface area contributed by atoms with Crippen LogP contribution in [0.2, 0.25) is 0 Å². The Morgan fingerprint density at radius 2 is 1.73 bits per heavy atom. The molecule has 1 unspecified atom stereocenters. The monoisotopic (exact) mass is 626 g/mol. The summed E-state index contributed by atoms with van der Waals surface area (Å²) in [5.41, 5.74) is 2.70. The number of carbonyl (C=O) groups is 2. The Morgan fingerprint density at radius 1 is 1.03 bits per heavy atom. The van der Waals surface area contributed by atoms with Crippen molar-refractivity contribution in [3.8, 4) is 5.75 Å². The highest BCUT2D eigenvalue weighted by Gasteiger charge is 2.58. The van der Waals surface area contributed by atoms with Crippen LogP contribution in [0.1, 0.15) is 37.8 Å². The fourth-order valence-corrected chi connectivity index (χ4v) is 6.83. The number of halogens is 2. The lowest BCUT2D eigenvalue weighted by molar-refractivity contribution is -0.121. The van der Waals surface area contributed by atoms with E-state index in [0.29, 0.717) is 5.69 Å². The maximum atomic E-state index is 12.3. The summed E-state index contributed by atoms with van der Waals surface area (Å²) in [6.45, 7) is 4.31. The lowest BCUT2D eigenvalue weighted by Gasteiger charge is -2.46. The molecule has 0 bridgehead atoms. The SMILES string of the molecule is CN1c2ccc(N3C(=O)CCC3=O)cc2C(C)(C)C12C=Cc1cc(I)cc(I)c1O2. The number of ether oxygens (including phenoxy) is 1. The van der Waals surface area contributed by atoms with Gasteiger partial charge >= 0.3 is 0 Å². The van der Waals surface area contributed by atoms with Gasteiger partial charge in [0.15, 0.2) is 0 Å². The normalized spacial score (nSPS) is 23.8. The summed E-state index contributed by atoms with van der Waals surface area (Å²) in [6.07, 6.45) is 4.83. The van der Waals surface area contributed by atoms with Crippen molar-refractivity contribution >= 4 is 74.4 Å². The third kappa shape index (κ3) is 2.63. The number of imide groups is 1. The van der Waals surface area contributed by atoms with Gasteiger partial charge in [-0.2, -0.15) is 0 Å². The van der Waals surface area contributed by atoms with Crippen molar-refractivity contribution in [2.24, 2.45) is 0 Å². The maximum absolute atomic E-state index is 12.3. The minimum absolute atomic E-state index is 0.134. The molecule has 1 fully saturated rings. The fraction of sp³-hybridized carbons (Fsp3) is 0.304. The van der Waals surface area contributed by atoms with E-state index in [-0.39, 0.29) is 24.7 Å². The molecule has 0 N–H and O–H groups in total. The lowest BCUT2D eigenvalue weighted by Crippen LogP contribution is -2.58. The number of anilines is 2. The number of hydrogen-bond acceptors (Lipinski definition) is 4. The number of likely N-dealkylation sites (N-methyl/N-ethyl adjacent to an activating group) is 1. The van der Waals surface area contributed by atoms with Crippen LogP contribution in [0.3, 0.4) is 0 Å². The lowest BCUT2D eigenvalue weighted by atomic mass is 9.76. The number of benzene rings is 2. The van der Waals surface area contributed by atoms with Crippen LogP contribution in [0.4, 0.5) is 11.4 Å². The van der Waals surface area contributed by atoms with Gasteiger partial charge in [0.1, 0.15) is 5.75 Å². The van der Waals surface area contributed by atoms with Crippen LogP contribution in [0, 0.1) is 7.14 Å². The third-order valence-corrected chi connectivity index (χ3v) is 7.93. The second kappa shape index (κ2) is 6.69. The van der Waals surface area contributed by atoms with E-state index < -0.39 is 11.1 Å². The Balaban J connectivity index is 1.63. The molecular formula is C23H20I2N2O3. The second-order valence-electron chi connectivity index (χ2n) is 8.45. The first-order valence-corrected chi connectivity index (χ1v) is 11.9. The molecule has 0 radical (unpaired) electrons. The van der Waals surface area contributed by atoms with Gasteiger partial charge in [0.25, 0.3) is 0 Å². The van der Waals surface area contributed by atoms with E-state index in [1.165, 1.54) is 8.47 Å². The van der Waals surface area contributed by atoms with Crippen molar-refractivity contribution in [3.63, 3.8) is 0 Å². The van der Waals surface area contributed by atoms with Gasteiger partial charge in [-0.05, 0) is 107 Å². The third-order valence-electron chi connectivity index (χ3n) is 6.50. The number of carbonyl (C=O) groups excluding carboxylic acids is 2. The molecule has 0 aliphatic carbocycles. The van der Waals surface area contributed by atoms with Gasteiger partial charge in [0, 0.05) is 34.7 Å². The first-order valence-electron chi connectivity index (χ1n) is 9.77. The van der Waals surface area contributed by atoms with Crippen LogP contribution in [-0.2, 0) is 15.0 Å². The maximum Gasteiger partial charge on any atom is 0.234 e. The summed E-state index contributed by atoms with van der Waals surface area (Å²) in [7, 11) is 2.04. The second-order valence-corrected chi connectivity index (χ2v) is 10.9. The average Bonchev–Trinajstić information content (AvgIpc) is 3.11. The summed E-state index contributed by atoms with van der Waals surface area (Å²) >= 11 is 4.65. The molecule has 7 heteroatoms. The Hall–Kier alpha value is -1.62. The van der Waals surface area contributed by atoms with Gasteiger partial charge in [0.2, 0.25) is 17.5 Å². The van der Waals surface area contributed by atoms with Crippen LogP contribution in [0.5, 0.6) is 5.75 Å². The molecule has 2 amide bonds. The van der Waals surface area contributed by atoms with Crippen LogP contribution >= 0.6 is 45.2 Å². The van der Waals surface area contributed by atoms with Crippen molar-refractivity contribution in [1.29, 1.82) is 0 Å². The minimum atomic E-state index is -0.702. The van der Waals surface area contributed by atoms with Crippen molar-refractivity contribution in [2.45, 2.75) is 37.8 Å². The van der Waals surface area contributed by atoms with Crippen molar-refractivity contribution < 1.29 is 14.3 Å². The van der Waals surface area contributed by atoms with Gasteiger partial charge in [-0.25, -0.2) is 0 Å². The Kier molecular flexibility index (Phi) is 4.52. The molecule has 2 aromatic carbocycles. The molecule has 0 saturated carbocycles. The fourth-order valence-electron chi connectivity index (χ4n) is 4.83. The van der Waals surface area contributed by atoms with Gasteiger partial charge in [-0.1, -0.05) is 0 Å². The van der Waals surface area contributed by atoms with E-state index in [1.807, 2.05) is 25.2 Å². The molecule has 3 aliphatic rings. The molecule has 30 heavy (non-hydrogen) atoms. The van der Waals surface area contributed by atoms with Crippen molar-refractivity contribution in [3.05, 3.63) is 54.7 Å². The van der Waals surface area contributed by atoms with Gasteiger partial charge in [0.05, 0.1) is 14.7 Å². The molecule has 1 atom stereocenters. The number of nitrogens with zero attached hydrogens (tertiary/aromatic N) is 2. The first-order chi connectivity index (χ1) is 14.2. The molecule has 2 aromatic rings. The summed E-state index contributed by atoms with van der Waals surface area (Å²) in [5.74, 6) is 0.618. The Morgan fingerprint density at radius 3 is 2.43 bits per heavy atom. The van der Waals surface area contributed by atoms with Gasteiger partial charge in [-0.15, -0.1) is 0 Å². The number of amides is 2. The van der Waals surface area contributed by atoms with Crippen molar-refractivity contribution in [1.82, 2.24) is 0 Å². The topological polar surface area (TPSA) is 49.9 Å². The van der Waals surface area contributed by atoms with Crippen LogP contribution in [-0.4, -0.2) is 24.6 Å². The quantitative estimate of drug-likeness (QED) is 0.328. The molecule has 3 heterocycles. The zero-order chi connectivity index (χ0) is 21.4. The Labute approximate surface area is 202 Å². The van der Waals surface area contributed by atoms with Crippen LogP contribution in [0.15, 0.2) is 36.4 Å². The number of hydrogen-bond donors (Lipinski definition) is 0. The smallest absolute Gasteiger partial charge is 0.234 e. The minimum Gasteiger partial charge on any atom is -0.462 e. The molecule has 0 aromatic heterocycles. The van der Waals surface area contributed by atoms with E-state index >= 15 is 0 Å². The summed E-state index contributed by atoms with van der Waals surface area (Å²) < 4.78 is 9.01. The first kappa shape index (κ1) is 20.3. The predicted molar refractivity (Wildman–Crippen MR) is 134 cm³/mol. The summed E-state index contributed by atoms with van der Waals surface area (Å²) in [6, 6.07) is 10.1. The molecule has 1 spiro atoms. The van der Waals surface area contributed by atoms with E-state index in [1.54, 1.807) is 0 Å². The average molecular weight is 626 g/mol. The summed E-state index contributed by atoms with van der Waals surface area (Å²) in [4.78, 5) is 28.0. The van der Waals surface area contributed by atoms with Gasteiger partial charge < -0.3 is 9.64 Å². The number of fused-ring (bicyclic) bond motifs is 2. The standard InChI is InChI=1S/C23H20I2N2O3/c1-22(2)16-12-15(27-19(28)6-7-20(27)29)4-5-18(16)26(3)23(22)9-8-13-10-14(24)11-17(25)21(13)30-23/h4-5,8-12H,6-7H2,1-3H3. The zero-order valence-corrected chi connectivity index (χ0v) is 21.1. The van der Waals surface area contributed by atoms with E-state index in [2.05, 4.69) is 88.2 Å². The Bertz CT molecular complexity index is 1140. The van der Waals surface area contributed by atoms with Gasteiger partial charge in [-0.3, -0.25) is 14.5 Å². The van der Waals surface area contributed by atoms with E-state index in [4.69, 9.17) is 4.74 Å². The number of rotatable bonds is 1.